The second-order valence-corrected chi connectivity index (χ2v) is 6.49. The molecule has 8 nitrogen and oxygen atoms in total. The van der Waals surface area contributed by atoms with Crippen LogP contribution in [-0.2, 0) is 31.5 Å². The zero-order valence-corrected chi connectivity index (χ0v) is 13.5. The van der Waals surface area contributed by atoms with E-state index >= 15 is 0 Å². The standard InChI is InChI=1S/C16H19N5O3/c1-19-14(22)15(23)21-11-16(24-9-13(21)18-19)5-7-20(10-16)8-12-4-2-3-6-17-12/h2-4,6H,5,7-11H2,1H3/t16-/m0/s1. The van der Waals surface area contributed by atoms with Crippen LogP contribution in [-0.4, -0.2) is 42.9 Å². The average molecular weight is 329 g/mol. The number of nitrogens with zero attached hydrogens (tertiary/aromatic N) is 5. The molecule has 0 aliphatic carbocycles. The second kappa shape index (κ2) is 5.64. The van der Waals surface area contributed by atoms with Crippen LogP contribution in [0.2, 0.25) is 0 Å². The molecule has 1 fully saturated rings. The topological polar surface area (TPSA) is 82.3 Å². The number of likely N-dealkylation sites (tertiary alicyclic amines) is 1. The van der Waals surface area contributed by atoms with E-state index in [0.29, 0.717) is 18.9 Å². The molecule has 2 aromatic rings. The summed E-state index contributed by atoms with van der Waals surface area (Å²) in [5.41, 5.74) is -0.537. The van der Waals surface area contributed by atoms with E-state index in [-0.39, 0.29) is 6.61 Å². The van der Waals surface area contributed by atoms with Gasteiger partial charge in [-0.05, 0) is 18.6 Å². The van der Waals surface area contributed by atoms with Crippen molar-refractivity contribution in [2.45, 2.75) is 31.7 Å². The summed E-state index contributed by atoms with van der Waals surface area (Å²) >= 11 is 0. The van der Waals surface area contributed by atoms with E-state index < -0.39 is 16.7 Å². The summed E-state index contributed by atoms with van der Waals surface area (Å²) in [6.07, 6.45) is 2.61. The van der Waals surface area contributed by atoms with Crippen LogP contribution in [0.1, 0.15) is 17.9 Å². The third-order valence-corrected chi connectivity index (χ3v) is 4.76. The van der Waals surface area contributed by atoms with E-state index in [9.17, 15) is 9.59 Å². The van der Waals surface area contributed by atoms with Crippen LogP contribution >= 0.6 is 0 Å². The first-order valence-electron chi connectivity index (χ1n) is 8.00. The molecular formula is C16H19N5O3. The number of hydrogen-bond acceptors (Lipinski definition) is 6. The van der Waals surface area contributed by atoms with Gasteiger partial charge < -0.3 is 4.74 Å². The van der Waals surface area contributed by atoms with Crippen molar-refractivity contribution in [3.05, 3.63) is 56.6 Å². The molecule has 24 heavy (non-hydrogen) atoms. The van der Waals surface area contributed by atoms with Crippen molar-refractivity contribution in [1.29, 1.82) is 0 Å². The lowest BCUT2D eigenvalue weighted by Crippen LogP contribution is -2.52. The Kier molecular flexibility index (Phi) is 3.58. The van der Waals surface area contributed by atoms with Crippen molar-refractivity contribution in [3.8, 4) is 0 Å². The van der Waals surface area contributed by atoms with E-state index in [1.54, 1.807) is 6.20 Å². The molecule has 0 N–H and O–H groups in total. The lowest BCUT2D eigenvalue weighted by Gasteiger charge is -2.35. The number of rotatable bonds is 2. The highest BCUT2D eigenvalue weighted by Crippen LogP contribution is 2.31. The molecule has 0 amide bonds. The minimum atomic E-state index is -0.598. The number of hydrogen-bond donors (Lipinski definition) is 0. The molecule has 2 aliphatic rings. The van der Waals surface area contributed by atoms with Crippen molar-refractivity contribution < 1.29 is 4.74 Å². The number of aromatic nitrogens is 4. The fraction of sp³-hybridized carbons (Fsp3) is 0.500. The molecule has 1 atom stereocenters. The van der Waals surface area contributed by atoms with Crippen LogP contribution < -0.4 is 11.1 Å². The summed E-state index contributed by atoms with van der Waals surface area (Å²) in [6.45, 7) is 2.97. The highest BCUT2D eigenvalue weighted by atomic mass is 16.5. The lowest BCUT2D eigenvalue weighted by molar-refractivity contribution is -0.0858. The highest BCUT2D eigenvalue weighted by Gasteiger charge is 2.43. The molecule has 1 saturated heterocycles. The molecule has 1 spiro atoms. The van der Waals surface area contributed by atoms with E-state index in [1.165, 1.54) is 11.6 Å². The van der Waals surface area contributed by atoms with Crippen LogP contribution in [0.15, 0.2) is 34.0 Å². The van der Waals surface area contributed by atoms with Gasteiger partial charge in [-0.1, -0.05) is 6.07 Å². The summed E-state index contributed by atoms with van der Waals surface area (Å²) in [5, 5.41) is 4.13. The molecule has 4 heterocycles. The summed E-state index contributed by atoms with van der Waals surface area (Å²) < 4.78 is 8.63. The van der Waals surface area contributed by atoms with Crippen molar-refractivity contribution in [2.24, 2.45) is 7.05 Å². The molecule has 0 unspecified atom stereocenters. The van der Waals surface area contributed by atoms with Crippen molar-refractivity contribution in [1.82, 2.24) is 24.2 Å². The first kappa shape index (κ1) is 15.2. The van der Waals surface area contributed by atoms with Gasteiger partial charge >= 0.3 is 11.1 Å². The SMILES string of the molecule is Cn1nc2n(c(=O)c1=O)C[C@@]1(CCN(Cc3ccccn3)C1)OC2. The number of fused-ring (bicyclic) bond motifs is 1. The van der Waals surface area contributed by atoms with Crippen LogP contribution in [0.3, 0.4) is 0 Å². The molecule has 4 rings (SSSR count). The predicted octanol–water partition coefficient (Wildman–Crippen LogP) is -0.488. The van der Waals surface area contributed by atoms with Crippen molar-refractivity contribution >= 4 is 0 Å². The first-order valence-corrected chi connectivity index (χ1v) is 8.00. The minimum Gasteiger partial charge on any atom is -0.364 e. The van der Waals surface area contributed by atoms with Gasteiger partial charge in [0.25, 0.3) is 0 Å². The normalized spacial score (nSPS) is 23.5. The predicted molar refractivity (Wildman–Crippen MR) is 85.4 cm³/mol. The van der Waals surface area contributed by atoms with Gasteiger partial charge in [-0.25, -0.2) is 4.68 Å². The quantitative estimate of drug-likeness (QED) is 0.692. The van der Waals surface area contributed by atoms with Crippen LogP contribution in [0.5, 0.6) is 0 Å². The maximum absolute atomic E-state index is 12.3. The van der Waals surface area contributed by atoms with E-state index in [1.807, 2.05) is 18.2 Å². The number of pyridine rings is 1. The third-order valence-electron chi connectivity index (χ3n) is 4.76. The minimum absolute atomic E-state index is 0.251. The molecule has 0 radical (unpaired) electrons. The van der Waals surface area contributed by atoms with E-state index in [4.69, 9.17) is 4.74 Å². The molecule has 0 bridgehead atoms. The molecule has 126 valence electrons. The maximum Gasteiger partial charge on any atom is 0.332 e. The Balaban J connectivity index is 1.55. The van der Waals surface area contributed by atoms with E-state index in [2.05, 4.69) is 15.0 Å². The zero-order chi connectivity index (χ0) is 16.7. The van der Waals surface area contributed by atoms with Gasteiger partial charge in [-0.2, -0.15) is 5.10 Å². The van der Waals surface area contributed by atoms with Crippen molar-refractivity contribution in [2.75, 3.05) is 13.1 Å². The van der Waals surface area contributed by atoms with Gasteiger partial charge in [0.05, 0.1) is 12.2 Å². The molecule has 2 aliphatic heterocycles. The van der Waals surface area contributed by atoms with E-state index in [0.717, 1.165) is 29.9 Å². The van der Waals surface area contributed by atoms with Gasteiger partial charge in [0.1, 0.15) is 12.2 Å². The Hall–Kier alpha value is -2.32. The Morgan fingerprint density at radius 3 is 2.92 bits per heavy atom. The highest BCUT2D eigenvalue weighted by molar-refractivity contribution is 5.06. The fourth-order valence-corrected chi connectivity index (χ4v) is 3.49. The van der Waals surface area contributed by atoms with Gasteiger partial charge in [-0.3, -0.25) is 24.0 Å². The van der Waals surface area contributed by atoms with Gasteiger partial charge in [0.2, 0.25) is 0 Å². The molecule has 0 aromatic carbocycles. The number of ether oxygens (including phenoxy) is 1. The summed E-state index contributed by atoms with van der Waals surface area (Å²) in [7, 11) is 1.49. The van der Waals surface area contributed by atoms with Crippen LogP contribution in [0.4, 0.5) is 0 Å². The smallest absolute Gasteiger partial charge is 0.332 e. The Labute approximate surface area is 138 Å². The average Bonchev–Trinajstić information content (AvgIpc) is 2.97. The fourth-order valence-electron chi connectivity index (χ4n) is 3.49. The zero-order valence-electron chi connectivity index (χ0n) is 13.5. The summed E-state index contributed by atoms with van der Waals surface area (Å²) in [4.78, 5) is 30.7. The number of aryl methyl sites for hydroxylation is 1. The van der Waals surface area contributed by atoms with Crippen LogP contribution in [0, 0.1) is 0 Å². The molecule has 0 saturated carbocycles. The molecule has 8 heteroatoms. The second-order valence-electron chi connectivity index (χ2n) is 6.49. The van der Waals surface area contributed by atoms with Crippen molar-refractivity contribution in [3.63, 3.8) is 0 Å². The third kappa shape index (κ3) is 2.57. The Bertz CT molecular complexity index is 876. The largest absolute Gasteiger partial charge is 0.364 e. The Morgan fingerprint density at radius 2 is 2.12 bits per heavy atom. The monoisotopic (exact) mass is 329 g/mol. The van der Waals surface area contributed by atoms with Gasteiger partial charge in [-0.15, -0.1) is 0 Å². The van der Waals surface area contributed by atoms with Gasteiger partial charge in [0.15, 0.2) is 5.82 Å². The Morgan fingerprint density at radius 1 is 1.25 bits per heavy atom. The van der Waals surface area contributed by atoms with Crippen LogP contribution in [0.25, 0.3) is 0 Å². The summed E-state index contributed by atoms with van der Waals surface area (Å²) in [6, 6.07) is 5.87. The summed E-state index contributed by atoms with van der Waals surface area (Å²) in [5.74, 6) is 0.510. The first-order chi connectivity index (χ1) is 11.6. The lowest BCUT2D eigenvalue weighted by atomic mass is 10.0. The molecular weight excluding hydrogens is 310 g/mol. The van der Waals surface area contributed by atoms with Gasteiger partial charge in [0, 0.05) is 32.9 Å². The maximum atomic E-state index is 12.3. The molecule has 2 aromatic heterocycles.